The number of anilines is 2. The first kappa shape index (κ1) is 22.5. The molecule has 0 saturated heterocycles. The van der Waals surface area contributed by atoms with Crippen LogP contribution in [0.2, 0.25) is 0 Å². The molecule has 2 aromatic heterocycles. The van der Waals surface area contributed by atoms with E-state index in [0.717, 1.165) is 45.3 Å². The molecule has 1 amide bonds. The predicted octanol–water partition coefficient (Wildman–Crippen LogP) is 5.79. The maximum atomic E-state index is 10.9. The molecule has 0 atom stereocenters. The van der Waals surface area contributed by atoms with Gasteiger partial charge in [-0.25, -0.2) is 14.8 Å². The Hall–Kier alpha value is -4.33. The lowest BCUT2D eigenvalue weighted by Gasteiger charge is -2.13. The third-order valence-corrected chi connectivity index (χ3v) is 5.83. The second-order valence-electron chi connectivity index (χ2n) is 8.61. The van der Waals surface area contributed by atoms with Crippen molar-refractivity contribution in [3.05, 3.63) is 78.3 Å². The number of carbonyl (C=O) groups excluding carboxylic acids is 1. The van der Waals surface area contributed by atoms with Gasteiger partial charge in [-0.2, -0.15) is 0 Å². The molecule has 1 fully saturated rings. The molecule has 5 rings (SSSR count). The number of carbonyl (C=O) groups is 1. The molecule has 0 aliphatic heterocycles. The molecule has 8 heteroatoms. The maximum absolute atomic E-state index is 10.9. The average molecular weight is 470 g/mol. The van der Waals surface area contributed by atoms with E-state index in [1.807, 2.05) is 54.1 Å². The summed E-state index contributed by atoms with van der Waals surface area (Å²) in [6, 6.07) is 15.9. The van der Waals surface area contributed by atoms with Crippen LogP contribution in [0.25, 0.3) is 17.1 Å². The summed E-state index contributed by atoms with van der Waals surface area (Å²) in [5.74, 6) is 2.99. The molecule has 2 aromatic carbocycles. The molecule has 1 aliphatic rings. The van der Waals surface area contributed by atoms with Gasteiger partial charge < -0.3 is 25.1 Å². The number of nitrogens with two attached hydrogens (primary N) is 1. The van der Waals surface area contributed by atoms with E-state index < -0.39 is 6.09 Å². The fourth-order valence-electron chi connectivity index (χ4n) is 3.88. The topological polar surface area (TPSA) is 104 Å². The Bertz CT molecular complexity index is 1390. The zero-order chi connectivity index (χ0) is 24.2. The Morgan fingerprint density at radius 3 is 2.89 bits per heavy atom. The number of hydrogen-bond acceptors (Lipinski definition) is 6. The van der Waals surface area contributed by atoms with Gasteiger partial charge in [0.25, 0.3) is 0 Å². The SMILES string of the molecule is Cc1cc(Nc2ncnc3ccn(CCOC(N)=O)c23)ccc1Oc1cccc(C=CC2CC2)c1. The van der Waals surface area contributed by atoms with Crippen LogP contribution in [-0.4, -0.2) is 27.2 Å². The normalized spacial score (nSPS) is 13.3. The Morgan fingerprint density at radius 2 is 2.09 bits per heavy atom. The van der Waals surface area contributed by atoms with Gasteiger partial charge in [0, 0.05) is 11.9 Å². The highest BCUT2D eigenvalue weighted by Gasteiger charge is 2.17. The monoisotopic (exact) mass is 469 g/mol. The van der Waals surface area contributed by atoms with E-state index in [0.29, 0.717) is 12.4 Å². The van der Waals surface area contributed by atoms with Gasteiger partial charge in [0.2, 0.25) is 0 Å². The van der Waals surface area contributed by atoms with E-state index in [1.54, 1.807) is 0 Å². The average Bonchev–Trinajstić information content (AvgIpc) is 3.58. The number of primary amides is 1. The van der Waals surface area contributed by atoms with Crippen LogP contribution in [-0.2, 0) is 11.3 Å². The number of allylic oxidation sites excluding steroid dienone is 1. The Labute approximate surface area is 203 Å². The fraction of sp³-hybridized carbons (Fsp3) is 0.222. The lowest BCUT2D eigenvalue weighted by atomic mass is 10.1. The Morgan fingerprint density at radius 1 is 1.20 bits per heavy atom. The highest BCUT2D eigenvalue weighted by molar-refractivity contribution is 5.88. The quantitative estimate of drug-likeness (QED) is 0.321. The van der Waals surface area contributed by atoms with Crippen molar-refractivity contribution in [2.45, 2.75) is 26.3 Å². The Balaban J connectivity index is 1.31. The molecule has 3 N–H and O–H groups in total. The maximum Gasteiger partial charge on any atom is 0.404 e. The number of ether oxygens (including phenoxy) is 2. The number of amides is 1. The summed E-state index contributed by atoms with van der Waals surface area (Å²) in [6.07, 6.45) is 9.63. The number of nitrogens with one attached hydrogen (secondary N) is 1. The zero-order valence-corrected chi connectivity index (χ0v) is 19.5. The molecule has 35 heavy (non-hydrogen) atoms. The summed E-state index contributed by atoms with van der Waals surface area (Å²) in [5.41, 5.74) is 9.67. The highest BCUT2D eigenvalue weighted by Crippen LogP contribution is 2.32. The number of aromatic nitrogens is 3. The van der Waals surface area contributed by atoms with Crippen LogP contribution in [0.1, 0.15) is 24.0 Å². The second-order valence-corrected chi connectivity index (χ2v) is 8.61. The van der Waals surface area contributed by atoms with Crippen LogP contribution in [0.4, 0.5) is 16.3 Å². The number of hydrogen-bond donors (Lipinski definition) is 2. The number of nitrogens with zero attached hydrogens (tertiary/aromatic N) is 3. The first-order valence-electron chi connectivity index (χ1n) is 11.6. The lowest BCUT2D eigenvalue weighted by molar-refractivity contribution is 0.153. The van der Waals surface area contributed by atoms with Gasteiger partial charge in [-0.1, -0.05) is 24.3 Å². The third kappa shape index (κ3) is 5.60. The van der Waals surface area contributed by atoms with Gasteiger partial charge in [0.05, 0.1) is 12.1 Å². The van der Waals surface area contributed by atoms with Crippen LogP contribution in [0.5, 0.6) is 11.5 Å². The van der Waals surface area contributed by atoms with Crippen molar-refractivity contribution in [1.29, 1.82) is 0 Å². The van der Waals surface area contributed by atoms with Gasteiger partial charge in [-0.15, -0.1) is 0 Å². The van der Waals surface area contributed by atoms with Crippen molar-refractivity contribution >= 4 is 34.7 Å². The summed E-state index contributed by atoms with van der Waals surface area (Å²) < 4.78 is 13.0. The molecule has 0 spiro atoms. The summed E-state index contributed by atoms with van der Waals surface area (Å²) in [4.78, 5) is 19.6. The minimum absolute atomic E-state index is 0.163. The minimum Gasteiger partial charge on any atom is -0.457 e. The second kappa shape index (κ2) is 9.89. The molecule has 1 saturated carbocycles. The number of aryl methyl sites for hydroxylation is 1. The van der Waals surface area contributed by atoms with Gasteiger partial charge in [0.15, 0.2) is 5.82 Å². The summed E-state index contributed by atoms with van der Waals surface area (Å²) in [5, 5.41) is 3.38. The fourth-order valence-corrected chi connectivity index (χ4v) is 3.88. The van der Waals surface area contributed by atoms with Gasteiger partial charge >= 0.3 is 6.09 Å². The van der Waals surface area contributed by atoms with Crippen molar-refractivity contribution in [3.63, 3.8) is 0 Å². The number of rotatable bonds is 9. The predicted molar refractivity (Wildman–Crippen MR) is 136 cm³/mol. The van der Waals surface area contributed by atoms with E-state index in [2.05, 4.69) is 39.6 Å². The molecule has 0 radical (unpaired) electrons. The van der Waals surface area contributed by atoms with Crippen molar-refractivity contribution in [2.24, 2.45) is 11.7 Å². The highest BCUT2D eigenvalue weighted by atomic mass is 16.5. The largest absolute Gasteiger partial charge is 0.457 e. The molecular formula is C27H27N5O3. The van der Waals surface area contributed by atoms with Crippen molar-refractivity contribution < 1.29 is 14.3 Å². The van der Waals surface area contributed by atoms with Gasteiger partial charge in [-0.3, -0.25) is 0 Å². The molecule has 1 aliphatic carbocycles. The minimum atomic E-state index is -0.796. The van der Waals surface area contributed by atoms with Crippen LogP contribution < -0.4 is 15.8 Å². The summed E-state index contributed by atoms with van der Waals surface area (Å²) in [6.45, 7) is 2.61. The molecule has 4 aromatic rings. The van der Waals surface area contributed by atoms with E-state index in [-0.39, 0.29) is 6.61 Å². The molecule has 8 nitrogen and oxygen atoms in total. The first-order chi connectivity index (χ1) is 17.0. The van der Waals surface area contributed by atoms with Crippen molar-refractivity contribution in [2.75, 3.05) is 11.9 Å². The molecule has 0 bridgehead atoms. The van der Waals surface area contributed by atoms with E-state index in [9.17, 15) is 4.79 Å². The first-order valence-corrected chi connectivity index (χ1v) is 11.6. The van der Waals surface area contributed by atoms with Gasteiger partial charge in [-0.05, 0) is 73.2 Å². The van der Waals surface area contributed by atoms with Crippen LogP contribution in [0.15, 0.2) is 67.1 Å². The lowest BCUT2D eigenvalue weighted by Crippen LogP contribution is -2.16. The summed E-state index contributed by atoms with van der Waals surface area (Å²) >= 11 is 0. The van der Waals surface area contributed by atoms with E-state index in [4.69, 9.17) is 15.2 Å². The third-order valence-electron chi connectivity index (χ3n) is 5.83. The molecule has 0 unspecified atom stereocenters. The van der Waals surface area contributed by atoms with Gasteiger partial charge in [0.1, 0.15) is 29.9 Å². The summed E-state index contributed by atoms with van der Waals surface area (Å²) in [7, 11) is 0. The standard InChI is InChI=1S/C27H27N5O3/c1-18-15-21(9-10-24(18)35-22-4-2-3-20(16-22)8-7-19-5-6-19)31-26-25-23(29-17-30-26)11-12-32(25)13-14-34-27(28)33/h2-4,7-12,15-17,19H,5-6,13-14H2,1H3,(H2,28,33)(H,29,30,31). The molecular weight excluding hydrogens is 442 g/mol. The number of fused-ring (bicyclic) bond motifs is 1. The van der Waals surface area contributed by atoms with Crippen LogP contribution >= 0.6 is 0 Å². The van der Waals surface area contributed by atoms with Crippen LogP contribution in [0, 0.1) is 12.8 Å². The van der Waals surface area contributed by atoms with Crippen LogP contribution in [0.3, 0.4) is 0 Å². The van der Waals surface area contributed by atoms with E-state index >= 15 is 0 Å². The molecule has 2 heterocycles. The zero-order valence-electron chi connectivity index (χ0n) is 19.5. The molecule has 178 valence electrons. The van der Waals surface area contributed by atoms with Crippen molar-refractivity contribution in [1.82, 2.24) is 14.5 Å². The smallest absolute Gasteiger partial charge is 0.404 e. The number of benzene rings is 2. The van der Waals surface area contributed by atoms with E-state index in [1.165, 1.54) is 19.2 Å². The Kier molecular flexibility index (Phi) is 6.34. The van der Waals surface area contributed by atoms with Crippen molar-refractivity contribution in [3.8, 4) is 11.5 Å².